The maximum Gasteiger partial charge on any atom is 0.213 e. The maximum absolute atomic E-state index is 4.75. The lowest BCUT2D eigenvalue weighted by Crippen LogP contribution is -2.42. The molecule has 94 valence electrons. The van der Waals surface area contributed by atoms with Crippen LogP contribution in [0.25, 0.3) is 0 Å². The first kappa shape index (κ1) is 11.2. The highest BCUT2D eigenvalue weighted by molar-refractivity contribution is 4.84. The Morgan fingerprint density at radius 1 is 1.29 bits per heavy atom. The molecule has 5 nitrogen and oxygen atoms in total. The summed E-state index contributed by atoms with van der Waals surface area (Å²) in [4.78, 5) is 6.47. The lowest BCUT2D eigenvalue weighted by molar-refractivity contribution is 0.184. The summed E-state index contributed by atoms with van der Waals surface area (Å²) in [6.45, 7) is 4.33. The average Bonchev–Trinajstić information content (AvgIpc) is 3.05. The van der Waals surface area contributed by atoms with E-state index in [1.165, 1.54) is 38.6 Å². The third kappa shape index (κ3) is 3.26. The zero-order valence-corrected chi connectivity index (χ0v) is 10.1. The second-order valence-electron chi connectivity index (χ2n) is 5.25. The molecular weight excluding hydrogens is 216 g/mol. The van der Waals surface area contributed by atoms with Gasteiger partial charge in [-0.05, 0) is 38.1 Å². The van der Waals surface area contributed by atoms with Crippen LogP contribution in [0.5, 0.6) is 0 Å². The number of nitrogens with zero attached hydrogens (tertiary/aromatic N) is 3. The Kier molecular flexibility index (Phi) is 3.38. The summed E-state index contributed by atoms with van der Waals surface area (Å²) in [5.74, 6) is 1.78. The Morgan fingerprint density at radius 3 is 2.76 bits per heavy atom. The molecule has 0 spiro atoms. The highest BCUT2D eigenvalue weighted by Crippen LogP contribution is 2.28. The molecule has 1 aromatic heterocycles. The Labute approximate surface area is 102 Å². The van der Waals surface area contributed by atoms with E-state index in [9.17, 15) is 0 Å². The van der Waals surface area contributed by atoms with Gasteiger partial charge in [-0.1, -0.05) is 5.16 Å². The molecule has 0 radical (unpaired) electrons. The minimum atomic E-state index is 0.720. The predicted molar refractivity (Wildman–Crippen MR) is 63.3 cm³/mol. The van der Waals surface area contributed by atoms with Gasteiger partial charge in [-0.25, -0.2) is 0 Å². The van der Waals surface area contributed by atoms with Crippen LogP contribution >= 0.6 is 0 Å². The van der Waals surface area contributed by atoms with Gasteiger partial charge >= 0.3 is 0 Å². The van der Waals surface area contributed by atoms with Crippen LogP contribution in [0.3, 0.4) is 0 Å². The zero-order valence-electron chi connectivity index (χ0n) is 10.1. The van der Waals surface area contributed by atoms with Crippen LogP contribution in [0, 0.1) is 5.92 Å². The van der Waals surface area contributed by atoms with Crippen molar-refractivity contribution in [1.82, 2.24) is 20.4 Å². The summed E-state index contributed by atoms with van der Waals surface area (Å²) in [6.07, 6.45) is 6.75. The van der Waals surface area contributed by atoms with E-state index < -0.39 is 0 Å². The number of rotatable bonds is 5. The molecule has 2 aliphatic rings. The van der Waals surface area contributed by atoms with Gasteiger partial charge in [0.05, 0.1) is 6.54 Å². The first-order valence-corrected chi connectivity index (χ1v) is 6.61. The van der Waals surface area contributed by atoms with Gasteiger partial charge in [0.2, 0.25) is 6.39 Å². The molecule has 0 bridgehead atoms. The van der Waals surface area contributed by atoms with E-state index >= 15 is 0 Å². The molecule has 1 aromatic rings. The fourth-order valence-electron chi connectivity index (χ4n) is 2.41. The minimum Gasteiger partial charge on any atom is -0.343 e. The predicted octanol–water partition coefficient (Wildman–Crippen LogP) is 1.03. The van der Waals surface area contributed by atoms with Gasteiger partial charge in [0.25, 0.3) is 0 Å². The van der Waals surface area contributed by atoms with Crippen LogP contribution in [0.1, 0.15) is 31.5 Å². The lowest BCUT2D eigenvalue weighted by Gasteiger charge is -2.31. The van der Waals surface area contributed by atoms with Crippen LogP contribution in [-0.2, 0) is 6.54 Å². The van der Waals surface area contributed by atoms with E-state index in [-0.39, 0.29) is 0 Å². The topological polar surface area (TPSA) is 54.2 Å². The van der Waals surface area contributed by atoms with Gasteiger partial charge in [-0.2, -0.15) is 4.98 Å². The van der Waals surface area contributed by atoms with E-state index in [1.54, 1.807) is 0 Å². The van der Waals surface area contributed by atoms with Crippen molar-refractivity contribution >= 4 is 0 Å². The van der Waals surface area contributed by atoms with Gasteiger partial charge in [0.15, 0.2) is 5.82 Å². The van der Waals surface area contributed by atoms with Crippen molar-refractivity contribution in [1.29, 1.82) is 0 Å². The third-order valence-electron chi connectivity index (χ3n) is 3.75. The van der Waals surface area contributed by atoms with Gasteiger partial charge in [0.1, 0.15) is 0 Å². The second-order valence-corrected chi connectivity index (χ2v) is 5.25. The number of aromatic nitrogens is 2. The Bertz CT molecular complexity index is 328. The Balaban J connectivity index is 1.37. The molecule has 0 unspecified atom stereocenters. The molecule has 2 heterocycles. The van der Waals surface area contributed by atoms with Crippen molar-refractivity contribution in [2.24, 2.45) is 5.92 Å². The second kappa shape index (κ2) is 5.14. The van der Waals surface area contributed by atoms with Crippen LogP contribution < -0.4 is 5.32 Å². The van der Waals surface area contributed by atoms with Crippen molar-refractivity contribution in [3.63, 3.8) is 0 Å². The molecule has 1 aliphatic heterocycles. The quantitative estimate of drug-likeness (QED) is 0.827. The molecule has 2 fully saturated rings. The van der Waals surface area contributed by atoms with E-state index in [4.69, 9.17) is 4.52 Å². The fraction of sp³-hybridized carbons (Fsp3) is 0.833. The number of likely N-dealkylation sites (tertiary alicyclic amines) is 1. The van der Waals surface area contributed by atoms with Crippen molar-refractivity contribution in [2.45, 2.75) is 38.3 Å². The van der Waals surface area contributed by atoms with E-state index in [0.29, 0.717) is 0 Å². The molecule has 1 saturated carbocycles. The molecule has 0 atom stereocenters. The number of hydrogen-bond acceptors (Lipinski definition) is 5. The Hall–Kier alpha value is -0.940. The molecule has 1 aliphatic carbocycles. The van der Waals surface area contributed by atoms with E-state index in [0.717, 1.165) is 37.4 Å². The Morgan fingerprint density at radius 2 is 2.12 bits per heavy atom. The number of nitrogens with one attached hydrogen (secondary N) is 1. The fourth-order valence-corrected chi connectivity index (χ4v) is 2.41. The molecule has 0 amide bonds. The van der Waals surface area contributed by atoms with Crippen molar-refractivity contribution in [2.75, 3.05) is 19.6 Å². The minimum absolute atomic E-state index is 0.720. The normalized spacial score (nSPS) is 23.1. The third-order valence-corrected chi connectivity index (χ3v) is 3.75. The molecule has 1 N–H and O–H groups in total. The summed E-state index contributed by atoms with van der Waals surface area (Å²) in [7, 11) is 0. The molecule has 1 saturated heterocycles. The van der Waals surface area contributed by atoms with Gasteiger partial charge in [-0.3, -0.25) is 4.90 Å². The molecular formula is C12H20N4O. The SMILES string of the molecule is c1nc(CN2CCC(NCC3CC3)CC2)no1. The highest BCUT2D eigenvalue weighted by Gasteiger charge is 2.24. The monoisotopic (exact) mass is 236 g/mol. The average molecular weight is 236 g/mol. The highest BCUT2D eigenvalue weighted by atomic mass is 16.5. The van der Waals surface area contributed by atoms with Crippen LogP contribution in [0.2, 0.25) is 0 Å². The van der Waals surface area contributed by atoms with E-state index in [2.05, 4.69) is 20.4 Å². The summed E-state index contributed by atoms with van der Waals surface area (Å²) in [5, 5.41) is 7.54. The van der Waals surface area contributed by atoms with Crippen LogP contribution in [0.4, 0.5) is 0 Å². The maximum atomic E-state index is 4.75. The largest absolute Gasteiger partial charge is 0.343 e. The van der Waals surface area contributed by atoms with Crippen molar-refractivity contribution in [3.8, 4) is 0 Å². The summed E-state index contributed by atoms with van der Waals surface area (Å²) in [5.41, 5.74) is 0. The standard InChI is InChI=1S/C12H20N4O/c1-2-10(1)7-13-11-3-5-16(6-4-11)8-12-14-9-17-15-12/h9-11,13H,1-8H2. The van der Waals surface area contributed by atoms with Gasteiger partial charge in [-0.15, -0.1) is 0 Å². The summed E-state index contributed by atoms with van der Waals surface area (Å²) in [6, 6.07) is 0.720. The summed E-state index contributed by atoms with van der Waals surface area (Å²) < 4.78 is 4.75. The van der Waals surface area contributed by atoms with E-state index in [1.807, 2.05) is 0 Å². The molecule has 3 rings (SSSR count). The van der Waals surface area contributed by atoms with Crippen LogP contribution in [-0.4, -0.2) is 40.7 Å². The summed E-state index contributed by atoms with van der Waals surface area (Å²) >= 11 is 0. The molecule has 0 aromatic carbocycles. The van der Waals surface area contributed by atoms with Gasteiger partial charge < -0.3 is 9.84 Å². The zero-order chi connectivity index (χ0) is 11.5. The number of piperidine rings is 1. The number of hydrogen-bond donors (Lipinski definition) is 1. The lowest BCUT2D eigenvalue weighted by atomic mass is 10.0. The molecule has 5 heteroatoms. The first-order chi connectivity index (χ1) is 8.40. The van der Waals surface area contributed by atoms with Crippen LogP contribution in [0.15, 0.2) is 10.9 Å². The van der Waals surface area contributed by atoms with Crippen molar-refractivity contribution in [3.05, 3.63) is 12.2 Å². The first-order valence-electron chi connectivity index (χ1n) is 6.61. The smallest absolute Gasteiger partial charge is 0.213 e. The molecule has 17 heavy (non-hydrogen) atoms. The van der Waals surface area contributed by atoms with Crippen molar-refractivity contribution < 1.29 is 4.52 Å². The van der Waals surface area contributed by atoms with Gasteiger partial charge in [0, 0.05) is 19.1 Å².